The molecule has 3 rings (SSSR count). The number of nitro groups is 1. The van der Waals surface area contributed by atoms with Gasteiger partial charge in [-0.05, 0) is 25.0 Å². The van der Waals surface area contributed by atoms with Gasteiger partial charge in [0.15, 0.2) is 0 Å². The van der Waals surface area contributed by atoms with E-state index in [1.54, 1.807) is 11.9 Å². The first-order valence-electron chi connectivity index (χ1n) is 7.39. The molecule has 1 saturated heterocycles. The van der Waals surface area contributed by atoms with Gasteiger partial charge < -0.3 is 9.80 Å². The molecule has 1 aliphatic carbocycles. The number of nitro benzene ring substituents is 1. The van der Waals surface area contributed by atoms with Gasteiger partial charge in [-0.3, -0.25) is 19.7 Å². The Bertz CT molecular complexity index is 689. The molecule has 2 amide bonds. The fourth-order valence-electron chi connectivity index (χ4n) is 2.86. The fraction of sp³-hybridized carbons (Fsp3) is 0.467. The summed E-state index contributed by atoms with van der Waals surface area (Å²) < 4.78 is 13.4. The van der Waals surface area contributed by atoms with Crippen LogP contribution >= 0.6 is 0 Å². The van der Waals surface area contributed by atoms with E-state index in [4.69, 9.17) is 0 Å². The Morgan fingerprint density at radius 1 is 1.43 bits per heavy atom. The van der Waals surface area contributed by atoms with E-state index in [9.17, 15) is 24.1 Å². The van der Waals surface area contributed by atoms with Crippen molar-refractivity contribution in [3.8, 4) is 0 Å². The van der Waals surface area contributed by atoms with Crippen molar-refractivity contribution in [3.63, 3.8) is 0 Å². The van der Waals surface area contributed by atoms with Crippen LogP contribution in [-0.4, -0.2) is 41.3 Å². The Kier molecular flexibility index (Phi) is 3.75. The van der Waals surface area contributed by atoms with Gasteiger partial charge in [0, 0.05) is 32.1 Å². The molecule has 1 aliphatic heterocycles. The van der Waals surface area contributed by atoms with Crippen LogP contribution in [0.1, 0.15) is 19.3 Å². The summed E-state index contributed by atoms with van der Waals surface area (Å²) >= 11 is 0. The summed E-state index contributed by atoms with van der Waals surface area (Å²) in [6, 6.07) is 3.58. The molecule has 0 aromatic heterocycles. The van der Waals surface area contributed by atoms with Gasteiger partial charge in [-0.1, -0.05) is 0 Å². The van der Waals surface area contributed by atoms with Crippen molar-refractivity contribution in [2.24, 2.45) is 5.92 Å². The molecule has 1 atom stereocenters. The van der Waals surface area contributed by atoms with E-state index in [0.717, 1.165) is 25.0 Å². The topological polar surface area (TPSA) is 83.8 Å². The second kappa shape index (κ2) is 5.60. The van der Waals surface area contributed by atoms with Gasteiger partial charge in [0.05, 0.1) is 16.5 Å². The van der Waals surface area contributed by atoms with Crippen LogP contribution in [-0.2, 0) is 9.59 Å². The van der Waals surface area contributed by atoms with Gasteiger partial charge in [0.2, 0.25) is 17.6 Å². The van der Waals surface area contributed by atoms with Gasteiger partial charge in [-0.15, -0.1) is 0 Å². The zero-order valence-corrected chi connectivity index (χ0v) is 12.6. The molecule has 122 valence electrons. The number of amides is 2. The molecule has 1 saturated carbocycles. The molecular formula is C15H16FN3O4. The lowest BCUT2D eigenvalue weighted by Gasteiger charge is -2.21. The van der Waals surface area contributed by atoms with Gasteiger partial charge >= 0.3 is 5.69 Å². The number of halogens is 1. The van der Waals surface area contributed by atoms with E-state index in [0.29, 0.717) is 0 Å². The monoisotopic (exact) mass is 321 g/mol. The SMILES string of the molecule is CN(C(=O)C1CC(=O)N(c2ccc(F)c([N+](=O)[O-])c2)C1)C1CC1. The molecule has 0 spiro atoms. The molecular weight excluding hydrogens is 305 g/mol. The quantitative estimate of drug-likeness (QED) is 0.624. The molecule has 0 N–H and O–H groups in total. The summed E-state index contributed by atoms with van der Waals surface area (Å²) in [7, 11) is 1.73. The molecule has 1 aromatic rings. The summed E-state index contributed by atoms with van der Waals surface area (Å²) in [5.74, 6) is -1.78. The Morgan fingerprint density at radius 2 is 2.13 bits per heavy atom. The predicted octanol–water partition coefficient (Wildman–Crippen LogP) is 1.71. The zero-order chi connectivity index (χ0) is 16.7. The van der Waals surface area contributed by atoms with Crippen molar-refractivity contribution < 1.29 is 18.9 Å². The maximum Gasteiger partial charge on any atom is 0.306 e. The second-order valence-corrected chi connectivity index (χ2v) is 5.98. The molecule has 1 heterocycles. The Morgan fingerprint density at radius 3 is 2.74 bits per heavy atom. The normalized spacial score (nSPS) is 20.7. The van der Waals surface area contributed by atoms with E-state index in [1.165, 1.54) is 11.0 Å². The molecule has 8 heteroatoms. The molecule has 1 aromatic carbocycles. The number of benzene rings is 1. The third kappa shape index (κ3) is 2.88. The highest BCUT2D eigenvalue weighted by molar-refractivity contribution is 6.00. The first kappa shape index (κ1) is 15.4. The summed E-state index contributed by atoms with van der Waals surface area (Å²) in [5.41, 5.74) is -0.437. The number of hydrogen-bond donors (Lipinski definition) is 0. The number of anilines is 1. The third-order valence-electron chi connectivity index (χ3n) is 4.35. The Hall–Kier alpha value is -2.51. The van der Waals surface area contributed by atoms with Crippen LogP contribution in [0.5, 0.6) is 0 Å². The van der Waals surface area contributed by atoms with Crippen molar-refractivity contribution in [3.05, 3.63) is 34.1 Å². The van der Waals surface area contributed by atoms with Gasteiger partial charge in [-0.25, -0.2) is 0 Å². The lowest BCUT2D eigenvalue weighted by Crippen LogP contribution is -2.36. The van der Waals surface area contributed by atoms with E-state index in [1.807, 2.05) is 0 Å². The van der Waals surface area contributed by atoms with Crippen molar-refractivity contribution in [1.82, 2.24) is 4.90 Å². The molecule has 2 fully saturated rings. The highest BCUT2D eigenvalue weighted by Gasteiger charge is 2.40. The summed E-state index contributed by atoms with van der Waals surface area (Å²) in [5, 5.41) is 10.8. The Balaban J connectivity index is 1.79. The molecule has 7 nitrogen and oxygen atoms in total. The van der Waals surface area contributed by atoms with Crippen LogP contribution in [0.15, 0.2) is 18.2 Å². The van der Waals surface area contributed by atoms with Gasteiger partial charge in [0.1, 0.15) is 0 Å². The van der Waals surface area contributed by atoms with Crippen LogP contribution in [0.4, 0.5) is 15.8 Å². The number of carbonyl (C=O) groups is 2. The van der Waals surface area contributed by atoms with Crippen molar-refractivity contribution >= 4 is 23.2 Å². The molecule has 2 aliphatic rings. The Labute approximate surface area is 131 Å². The largest absolute Gasteiger partial charge is 0.342 e. The first-order chi connectivity index (χ1) is 10.9. The van der Waals surface area contributed by atoms with E-state index < -0.39 is 22.3 Å². The standard InChI is InChI=1S/C15H16FN3O4/c1-17(10-2-3-10)15(21)9-6-14(20)18(8-9)11-4-5-12(16)13(7-11)19(22)23/h4-5,7,9-10H,2-3,6,8H2,1H3. The van der Waals surface area contributed by atoms with Crippen molar-refractivity contribution in [2.75, 3.05) is 18.5 Å². The van der Waals surface area contributed by atoms with Gasteiger partial charge in [-0.2, -0.15) is 4.39 Å². The van der Waals surface area contributed by atoms with E-state index >= 15 is 0 Å². The molecule has 0 bridgehead atoms. The predicted molar refractivity (Wildman–Crippen MR) is 79.3 cm³/mol. The lowest BCUT2D eigenvalue weighted by molar-refractivity contribution is -0.387. The third-order valence-corrected chi connectivity index (χ3v) is 4.35. The minimum atomic E-state index is -0.952. The zero-order valence-electron chi connectivity index (χ0n) is 12.6. The van der Waals surface area contributed by atoms with E-state index in [-0.39, 0.29) is 36.5 Å². The van der Waals surface area contributed by atoms with Crippen molar-refractivity contribution in [2.45, 2.75) is 25.3 Å². The van der Waals surface area contributed by atoms with Crippen LogP contribution in [0.3, 0.4) is 0 Å². The number of hydrogen-bond acceptors (Lipinski definition) is 4. The summed E-state index contributed by atoms with van der Waals surface area (Å²) in [6.07, 6.45) is 2.04. The number of carbonyl (C=O) groups excluding carboxylic acids is 2. The average molecular weight is 321 g/mol. The summed E-state index contributed by atoms with van der Waals surface area (Å²) in [6.45, 7) is 0.164. The minimum Gasteiger partial charge on any atom is -0.342 e. The summed E-state index contributed by atoms with van der Waals surface area (Å²) in [4.78, 5) is 37.5. The lowest BCUT2D eigenvalue weighted by atomic mass is 10.1. The van der Waals surface area contributed by atoms with Gasteiger partial charge in [0.25, 0.3) is 0 Å². The van der Waals surface area contributed by atoms with Crippen molar-refractivity contribution in [1.29, 1.82) is 0 Å². The van der Waals surface area contributed by atoms with Crippen LogP contribution in [0.25, 0.3) is 0 Å². The highest BCUT2D eigenvalue weighted by Crippen LogP contribution is 2.32. The molecule has 23 heavy (non-hydrogen) atoms. The van der Waals surface area contributed by atoms with E-state index in [2.05, 4.69) is 0 Å². The molecule has 0 radical (unpaired) electrons. The molecule has 1 unspecified atom stereocenters. The second-order valence-electron chi connectivity index (χ2n) is 5.98. The first-order valence-corrected chi connectivity index (χ1v) is 7.39. The van der Waals surface area contributed by atoms with Crippen LogP contribution in [0.2, 0.25) is 0 Å². The van der Waals surface area contributed by atoms with Crippen LogP contribution in [0, 0.1) is 21.8 Å². The van der Waals surface area contributed by atoms with Crippen LogP contribution < -0.4 is 4.90 Å². The number of nitrogens with zero attached hydrogens (tertiary/aromatic N) is 3. The number of rotatable bonds is 4. The maximum atomic E-state index is 13.4. The highest BCUT2D eigenvalue weighted by atomic mass is 19.1. The smallest absolute Gasteiger partial charge is 0.306 e. The minimum absolute atomic E-state index is 0.0705. The maximum absolute atomic E-state index is 13.4. The average Bonchev–Trinajstić information content (AvgIpc) is 3.29. The fourth-order valence-corrected chi connectivity index (χ4v) is 2.86.